The summed E-state index contributed by atoms with van der Waals surface area (Å²) < 4.78 is 0. The number of nitrogens with one attached hydrogen (secondary N) is 1. The molecule has 2 aliphatic rings. The van der Waals surface area contributed by atoms with Gasteiger partial charge in [-0.15, -0.1) is 0 Å². The molecule has 0 unspecified atom stereocenters. The third kappa shape index (κ3) is 3.43. The summed E-state index contributed by atoms with van der Waals surface area (Å²) in [7, 11) is 4.03. The second kappa shape index (κ2) is 7.30. The van der Waals surface area contributed by atoms with Crippen LogP contribution in [0.4, 0.5) is 11.8 Å². The zero-order valence-corrected chi connectivity index (χ0v) is 15.0. The van der Waals surface area contributed by atoms with Crippen molar-refractivity contribution in [3.8, 4) is 0 Å². The van der Waals surface area contributed by atoms with Gasteiger partial charge in [-0.05, 0) is 70.3 Å². The molecule has 3 heterocycles. The molecular formula is C18H28N6. The van der Waals surface area contributed by atoms with E-state index in [-0.39, 0.29) is 5.95 Å². The van der Waals surface area contributed by atoms with Crippen LogP contribution in [0.3, 0.4) is 0 Å². The highest BCUT2D eigenvalue weighted by atomic mass is 15.1. The Morgan fingerprint density at radius 3 is 2.38 bits per heavy atom. The van der Waals surface area contributed by atoms with E-state index in [1.54, 1.807) is 0 Å². The predicted octanol–water partition coefficient (Wildman–Crippen LogP) is 2.55. The lowest BCUT2D eigenvalue weighted by atomic mass is 10.1. The molecule has 0 atom stereocenters. The Morgan fingerprint density at radius 1 is 1.00 bits per heavy atom. The molecule has 4 rings (SSSR count). The quantitative estimate of drug-likeness (QED) is 0.837. The average Bonchev–Trinajstić information content (AvgIpc) is 3.04. The summed E-state index contributed by atoms with van der Waals surface area (Å²) in [5.74, 6) is 1.04. The van der Waals surface area contributed by atoms with Crippen LogP contribution in [0, 0.1) is 6.92 Å². The highest BCUT2D eigenvalue weighted by Gasteiger charge is 2.20. The Labute approximate surface area is 143 Å². The van der Waals surface area contributed by atoms with Crippen molar-refractivity contribution in [3.63, 3.8) is 0 Å². The first-order valence-electron chi connectivity index (χ1n) is 8.92. The number of nitrogens with zero attached hydrogens (tertiary/aromatic N) is 4. The van der Waals surface area contributed by atoms with Gasteiger partial charge < -0.3 is 16.0 Å². The molecule has 6 nitrogen and oxygen atoms in total. The number of piperidine rings is 1. The van der Waals surface area contributed by atoms with Crippen molar-refractivity contribution in [3.05, 3.63) is 16.8 Å². The highest BCUT2D eigenvalue weighted by Crippen LogP contribution is 2.31. The number of aromatic nitrogens is 3. The summed E-state index contributed by atoms with van der Waals surface area (Å²) in [5.41, 5.74) is 10.2. The van der Waals surface area contributed by atoms with Gasteiger partial charge in [-0.3, -0.25) is 0 Å². The molecule has 0 spiro atoms. The number of likely N-dealkylation sites (tertiary alicyclic amines) is 1. The van der Waals surface area contributed by atoms with Crippen LogP contribution >= 0.6 is 0 Å². The van der Waals surface area contributed by atoms with Gasteiger partial charge in [-0.25, -0.2) is 4.98 Å². The molecule has 2 aromatic heterocycles. The average molecular weight is 328 g/mol. The van der Waals surface area contributed by atoms with E-state index < -0.39 is 0 Å². The highest BCUT2D eigenvalue weighted by molar-refractivity contribution is 5.91. The topological polar surface area (TPSA) is 80.0 Å². The van der Waals surface area contributed by atoms with Crippen molar-refractivity contribution < 1.29 is 0 Å². The van der Waals surface area contributed by atoms with E-state index in [1.807, 2.05) is 7.05 Å². The standard InChI is InChI=1S/C12H15N5.C6H13N/c1-6-7-4-3-5-8(7)15-11-9(6)10(14-2)16-12(13)17-11;1-7-5-3-2-4-6-7/h3-5H2,1-2H3,(H3,13,14,15,16,17);2-6H2,1H3. The Hall–Kier alpha value is -1.95. The summed E-state index contributed by atoms with van der Waals surface area (Å²) in [6.45, 7) is 4.76. The molecule has 6 heteroatoms. The fraction of sp³-hybridized carbons (Fsp3) is 0.611. The number of fused-ring (bicyclic) bond motifs is 2. The number of aryl methyl sites for hydroxylation is 2. The Morgan fingerprint density at radius 2 is 1.75 bits per heavy atom. The number of anilines is 2. The number of rotatable bonds is 1. The molecular weight excluding hydrogens is 300 g/mol. The molecule has 1 fully saturated rings. The first-order chi connectivity index (χ1) is 11.6. The summed E-state index contributed by atoms with van der Waals surface area (Å²) >= 11 is 0. The fourth-order valence-electron chi connectivity index (χ4n) is 3.66. The van der Waals surface area contributed by atoms with Crippen LogP contribution in [-0.4, -0.2) is 47.0 Å². The van der Waals surface area contributed by atoms with Gasteiger partial charge in [0.05, 0.1) is 5.39 Å². The molecule has 1 aliphatic heterocycles. The van der Waals surface area contributed by atoms with Crippen molar-refractivity contribution >= 4 is 22.8 Å². The Kier molecular flexibility index (Phi) is 5.14. The maximum atomic E-state index is 5.69. The molecule has 1 aliphatic carbocycles. The van der Waals surface area contributed by atoms with Crippen LogP contribution in [0.15, 0.2) is 0 Å². The van der Waals surface area contributed by atoms with Crippen LogP contribution in [0.1, 0.15) is 42.5 Å². The summed E-state index contributed by atoms with van der Waals surface area (Å²) in [5, 5.41) is 4.07. The molecule has 2 aromatic rings. The first kappa shape index (κ1) is 16.9. The van der Waals surface area contributed by atoms with Crippen LogP contribution in [-0.2, 0) is 12.8 Å². The van der Waals surface area contributed by atoms with E-state index in [1.165, 1.54) is 55.6 Å². The normalized spacial score (nSPS) is 17.3. The van der Waals surface area contributed by atoms with Gasteiger partial charge >= 0.3 is 0 Å². The van der Waals surface area contributed by atoms with Crippen LogP contribution in [0.5, 0.6) is 0 Å². The fourth-order valence-corrected chi connectivity index (χ4v) is 3.66. The predicted molar refractivity (Wildman–Crippen MR) is 99.4 cm³/mol. The van der Waals surface area contributed by atoms with Gasteiger partial charge in [0.1, 0.15) is 5.82 Å². The number of pyridine rings is 1. The zero-order valence-electron chi connectivity index (χ0n) is 15.0. The number of hydrogen-bond acceptors (Lipinski definition) is 6. The molecule has 1 saturated heterocycles. The number of nitrogen functional groups attached to an aromatic ring is 1. The summed E-state index contributed by atoms with van der Waals surface area (Å²) in [4.78, 5) is 15.5. The van der Waals surface area contributed by atoms with Crippen molar-refractivity contribution in [2.24, 2.45) is 0 Å². The van der Waals surface area contributed by atoms with Gasteiger partial charge in [0.2, 0.25) is 5.95 Å². The summed E-state index contributed by atoms with van der Waals surface area (Å²) in [6, 6.07) is 0. The van der Waals surface area contributed by atoms with Crippen molar-refractivity contribution in [1.29, 1.82) is 0 Å². The lowest BCUT2D eigenvalue weighted by molar-refractivity contribution is 0.277. The van der Waals surface area contributed by atoms with E-state index in [9.17, 15) is 0 Å². The lowest BCUT2D eigenvalue weighted by Crippen LogP contribution is -2.24. The third-order valence-corrected chi connectivity index (χ3v) is 4.98. The number of nitrogens with two attached hydrogens (primary N) is 1. The van der Waals surface area contributed by atoms with Crippen LogP contribution in [0.2, 0.25) is 0 Å². The molecule has 130 valence electrons. The van der Waals surface area contributed by atoms with E-state index >= 15 is 0 Å². The zero-order chi connectivity index (χ0) is 17.1. The van der Waals surface area contributed by atoms with E-state index in [4.69, 9.17) is 5.73 Å². The monoisotopic (exact) mass is 328 g/mol. The minimum Gasteiger partial charge on any atom is -0.372 e. The van der Waals surface area contributed by atoms with E-state index in [0.29, 0.717) is 5.65 Å². The minimum absolute atomic E-state index is 0.270. The molecule has 0 radical (unpaired) electrons. The van der Waals surface area contributed by atoms with Crippen molar-refractivity contribution in [2.45, 2.75) is 45.4 Å². The SMILES string of the molecule is CN1CCCCC1.CNc1nc(N)nc2nc3c(c(C)c12)CCC3. The Balaban J connectivity index is 0.000000203. The van der Waals surface area contributed by atoms with Gasteiger partial charge in [-0.1, -0.05) is 6.42 Å². The van der Waals surface area contributed by atoms with E-state index in [2.05, 4.69) is 39.1 Å². The van der Waals surface area contributed by atoms with Gasteiger partial charge in [0.25, 0.3) is 0 Å². The minimum atomic E-state index is 0.270. The van der Waals surface area contributed by atoms with Crippen LogP contribution in [0.25, 0.3) is 11.0 Å². The molecule has 3 N–H and O–H groups in total. The van der Waals surface area contributed by atoms with Crippen molar-refractivity contribution in [1.82, 2.24) is 19.9 Å². The lowest BCUT2D eigenvalue weighted by Gasteiger charge is -2.20. The Bertz CT molecular complexity index is 721. The van der Waals surface area contributed by atoms with Gasteiger partial charge in [-0.2, -0.15) is 9.97 Å². The second-order valence-electron chi connectivity index (χ2n) is 6.76. The second-order valence-corrected chi connectivity index (χ2v) is 6.76. The first-order valence-corrected chi connectivity index (χ1v) is 8.92. The smallest absolute Gasteiger partial charge is 0.224 e. The molecule has 0 amide bonds. The van der Waals surface area contributed by atoms with Gasteiger partial charge in [0.15, 0.2) is 5.65 Å². The van der Waals surface area contributed by atoms with E-state index in [0.717, 1.165) is 24.0 Å². The van der Waals surface area contributed by atoms with Gasteiger partial charge in [0, 0.05) is 12.7 Å². The molecule has 0 aromatic carbocycles. The van der Waals surface area contributed by atoms with Crippen LogP contribution < -0.4 is 11.1 Å². The third-order valence-electron chi connectivity index (χ3n) is 4.98. The summed E-state index contributed by atoms with van der Waals surface area (Å²) in [6.07, 6.45) is 7.61. The largest absolute Gasteiger partial charge is 0.372 e. The molecule has 0 saturated carbocycles. The molecule has 24 heavy (non-hydrogen) atoms. The number of hydrogen-bond donors (Lipinski definition) is 2. The molecule has 0 bridgehead atoms. The maximum absolute atomic E-state index is 5.69. The maximum Gasteiger partial charge on any atom is 0.224 e. The van der Waals surface area contributed by atoms with Crippen molar-refractivity contribution in [2.75, 3.05) is 38.2 Å².